The Morgan fingerprint density at radius 3 is 2.47 bits per heavy atom. The Bertz CT molecular complexity index is 1450. The number of alkyl halides is 3. The van der Waals surface area contributed by atoms with Gasteiger partial charge in [-0.3, -0.25) is 9.62 Å². The van der Waals surface area contributed by atoms with E-state index in [-0.39, 0.29) is 36.8 Å². The minimum atomic E-state index is -4.71. The Morgan fingerprint density at radius 1 is 1.08 bits per heavy atom. The van der Waals surface area contributed by atoms with E-state index in [1.807, 2.05) is 0 Å². The molecule has 0 unspecified atom stereocenters. The van der Waals surface area contributed by atoms with Crippen molar-refractivity contribution in [3.63, 3.8) is 0 Å². The van der Waals surface area contributed by atoms with E-state index in [0.29, 0.717) is 5.56 Å². The van der Waals surface area contributed by atoms with Crippen LogP contribution in [-0.4, -0.2) is 71.9 Å². The van der Waals surface area contributed by atoms with Crippen LogP contribution in [-0.2, 0) is 16.2 Å². The maximum absolute atomic E-state index is 13.7. The highest BCUT2D eigenvalue weighted by Crippen LogP contribution is 2.38. The first kappa shape index (κ1) is 27.1. The smallest absolute Gasteiger partial charge is 0.418 e. The van der Waals surface area contributed by atoms with Crippen molar-refractivity contribution < 1.29 is 36.6 Å². The molecule has 0 aliphatic carbocycles. The molecule has 1 aliphatic heterocycles. The number of pyridine rings is 2. The van der Waals surface area contributed by atoms with Crippen LogP contribution in [0, 0.1) is 6.92 Å². The molecule has 3 aromatic rings. The lowest BCUT2D eigenvalue weighted by Crippen LogP contribution is -2.56. The molecular weight excluding hydrogens is 527 g/mol. The fourth-order valence-electron chi connectivity index (χ4n) is 4.18. The van der Waals surface area contributed by atoms with E-state index in [1.165, 1.54) is 24.3 Å². The number of nitrogens with zero attached hydrogens (tertiary/aromatic N) is 4. The van der Waals surface area contributed by atoms with Crippen molar-refractivity contribution in [2.24, 2.45) is 0 Å². The first-order valence-electron chi connectivity index (χ1n) is 11.4. The third-order valence-electron chi connectivity index (χ3n) is 6.09. The summed E-state index contributed by atoms with van der Waals surface area (Å²) in [5.74, 6) is -0.0868. The average molecular weight is 552 g/mol. The van der Waals surface area contributed by atoms with Gasteiger partial charge in [0.1, 0.15) is 11.6 Å². The van der Waals surface area contributed by atoms with Gasteiger partial charge in [-0.1, -0.05) is 30.3 Å². The Labute approximate surface area is 216 Å². The number of aromatic nitrogens is 2. The zero-order chi connectivity index (χ0) is 27.7. The SMILES string of the molecule is Cc1ccccc1-c1nc(NS(=O)(=O)c2cccc(N3CCN(C(=O)O)[C@@H](CO)C3)n2)ccc1C(F)(F)F. The Hall–Kier alpha value is -3.91. The molecule has 1 atom stereocenters. The molecule has 14 heteroatoms. The molecule has 2 aromatic heterocycles. The van der Waals surface area contributed by atoms with Crippen LogP contribution >= 0.6 is 0 Å². The molecule has 1 aliphatic rings. The van der Waals surface area contributed by atoms with Crippen LogP contribution in [0.25, 0.3) is 11.3 Å². The van der Waals surface area contributed by atoms with E-state index in [9.17, 15) is 36.6 Å². The summed E-state index contributed by atoms with van der Waals surface area (Å²) < 4.78 is 69.5. The maximum Gasteiger partial charge on any atom is 0.418 e. The van der Waals surface area contributed by atoms with Gasteiger partial charge in [-0.15, -0.1) is 0 Å². The molecule has 10 nitrogen and oxygen atoms in total. The van der Waals surface area contributed by atoms with Crippen LogP contribution in [0.2, 0.25) is 0 Å². The number of carboxylic acid groups (broad SMARTS) is 1. The molecule has 0 radical (unpaired) electrons. The molecule has 1 aromatic carbocycles. The van der Waals surface area contributed by atoms with Gasteiger partial charge in [-0.25, -0.2) is 14.8 Å². The molecule has 1 amide bonds. The molecule has 1 saturated heterocycles. The van der Waals surface area contributed by atoms with Gasteiger partial charge in [-0.05, 0) is 36.8 Å². The van der Waals surface area contributed by atoms with Gasteiger partial charge in [0.15, 0.2) is 5.03 Å². The monoisotopic (exact) mass is 551 g/mol. The number of hydrogen-bond donors (Lipinski definition) is 3. The normalized spacial score (nSPS) is 16.4. The van der Waals surface area contributed by atoms with Crippen molar-refractivity contribution in [3.05, 3.63) is 65.7 Å². The lowest BCUT2D eigenvalue weighted by molar-refractivity contribution is -0.137. The van der Waals surface area contributed by atoms with Crippen LogP contribution in [0.1, 0.15) is 11.1 Å². The molecule has 3 N–H and O–H groups in total. The molecule has 0 spiro atoms. The number of halogens is 3. The van der Waals surface area contributed by atoms with Crippen molar-refractivity contribution in [1.82, 2.24) is 14.9 Å². The van der Waals surface area contributed by atoms with Crippen LogP contribution in [0.15, 0.2) is 59.6 Å². The Balaban J connectivity index is 1.63. The van der Waals surface area contributed by atoms with Crippen LogP contribution in [0.5, 0.6) is 0 Å². The van der Waals surface area contributed by atoms with Gasteiger partial charge in [0.2, 0.25) is 0 Å². The third kappa shape index (κ3) is 5.65. The lowest BCUT2D eigenvalue weighted by Gasteiger charge is -2.39. The fraction of sp³-hybridized carbons (Fsp3) is 0.292. The number of piperazine rings is 1. The van der Waals surface area contributed by atoms with Crippen molar-refractivity contribution in [2.45, 2.75) is 24.2 Å². The highest BCUT2D eigenvalue weighted by Gasteiger charge is 2.35. The number of aryl methyl sites for hydroxylation is 1. The second kappa shape index (κ2) is 10.5. The number of nitrogens with one attached hydrogen (secondary N) is 1. The zero-order valence-corrected chi connectivity index (χ0v) is 20.9. The lowest BCUT2D eigenvalue weighted by atomic mass is 10.0. The molecular formula is C24H24F3N5O5S. The Kier molecular flexibility index (Phi) is 7.47. The minimum absolute atomic E-state index is 0.0780. The van der Waals surface area contributed by atoms with E-state index >= 15 is 0 Å². The van der Waals surface area contributed by atoms with E-state index in [1.54, 1.807) is 30.0 Å². The van der Waals surface area contributed by atoms with Crippen LogP contribution in [0.3, 0.4) is 0 Å². The van der Waals surface area contributed by atoms with Crippen molar-refractivity contribution in [2.75, 3.05) is 35.9 Å². The molecule has 202 valence electrons. The third-order valence-corrected chi connectivity index (χ3v) is 7.34. The van der Waals surface area contributed by atoms with Crippen LogP contribution in [0.4, 0.5) is 29.6 Å². The van der Waals surface area contributed by atoms with E-state index in [4.69, 9.17) is 0 Å². The Morgan fingerprint density at radius 2 is 1.82 bits per heavy atom. The second-order valence-electron chi connectivity index (χ2n) is 8.60. The molecule has 0 saturated carbocycles. The number of carbonyl (C=O) groups is 1. The first-order chi connectivity index (χ1) is 17.9. The second-order valence-corrected chi connectivity index (χ2v) is 10.2. The molecule has 4 rings (SSSR count). The van der Waals surface area contributed by atoms with E-state index in [0.717, 1.165) is 17.0 Å². The molecule has 38 heavy (non-hydrogen) atoms. The van der Waals surface area contributed by atoms with Crippen LogP contribution < -0.4 is 9.62 Å². The molecule has 3 heterocycles. The number of rotatable bonds is 6. The van der Waals surface area contributed by atoms with E-state index in [2.05, 4.69) is 14.7 Å². The number of amides is 1. The highest BCUT2D eigenvalue weighted by atomic mass is 32.2. The number of benzene rings is 1. The van der Waals surface area contributed by atoms with Gasteiger partial charge in [-0.2, -0.15) is 21.6 Å². The summed E-state index contributed by atoms with van der Waals surface area (Å²) in [5, 5.41) is 18.5. The summed E-state index contributed by atoms with van der Waals surface area (Å²) >= 11 is 0. The standard InChI is InChI=1S/C24H24F3N5O5S/c1-15-5-2-3-6-17(15)22-18(24(25,26)27)9-10-19(28-22)30-38(36,37)21-8-4-7-20(29-21)31-11-12-32(23(34)35)16(13-31)14-33/h2-10,16,33H,11-14H2,1H3,(H,28,30)(H,34,35)/t16-/m1/s1. The summed E-state index contributed by atoms with van der Waals surface area (Å²) in [6.07, 6.45) is -5.89. The van der Waals surface area contributed by atoms with Gasteiger partial charge in [0, 0.05) is 25.2 Å². The highest BCUT2D eigenvalue weighted by molar-refractivity contribution is 7.92. The number of aliphatic hydroxyl groups is 1. The van der Waals surface area contributed by atoms with Crippen molar-refractivity contribution in [1.29, 1.82) is 0 Å². The molecule has 1 fully saturated rings. The molecule has 0 bridgehead atoms. The zero-order valence-electron chi connectivity index (χ0n) is 20.1. The average Bonchev–Trinajstić information content (AvgIpc) is 2.87. The van der Waals surface area contributed by atoms with Gasteiger partial charge in [0.25, 0.3) is 10.0 Å². The van der Waals surface area contributed by atoms with Gasteiger partial charge < -0.3 is 15.1 Å². The van der Waals surface area contributed by atoms with Gasteiger partial charge in [0.05, 0.1) is 23.9 Å². The summed E-state index contributed by atoms with van der Waals surface area (Å²) in [6.45, 7) is 1.58. The largest absolute Gasteiger partial charge is 0.465 e. The number of anilines is 2. The van der Waals surface area contributed by atoms with Gasteiger partial charge >= 0.3 is 12.3 Å². The summed E-state index contributed by atoms with van der Waals surface area (Å²) in [5.41, 5.74) is -0.679. The number of aliphatic hydroxyl groups excluding tert-OH is 1. The van der Waals surface area contributed by atoms with Crippen molar-refractivity contribution in [3.8, 4) is 11.3 Å². The summed E-state index contributed by atoms with van der Waals surface area (Å²) in [4.78, 5) is 22.3. The maximum atomic E-state index is 13.7. The predicted octanol–water partition coefficient (Wildman–Crippen LogP) is 3.43. The first-order valence-corrected chi connectivity index (χ1v) is 12.9. The number of hydrogen-bond acceptors (Lipinski definition) is 7. The summed E-state index contributed by atoms with van der Waals surface area (Å²) in [7, 11) is -4.36. The minimum Gasteiger partial charge on any atom is -0.465 e. The quantitative estimate of drug-likeness (QED) is 0.424. The fourth-order valence-corrected chi connectivity index (χ4v) is 5.14. The predicted molar refractivity (Wildman–Crippen MR) is 132 cm³/mol. The van der Waals surface area contributed by atoms with E-state index < -0.39 is 51.2 Å². The summed E-state index contributed by atoms with van der Waals surface area (Å²) in [6, 6.07) is 11.5. The number of sulfonamides is 1. The van der Waals surface area contributed by atoms with Crippen molar-refractivity contribution >= 4 is 27.8 Å². The topological polar surface area (TPSA) is 136 Å².